The lowest BCUT2D eigenvalue weighted by atomic mass is 10.4. The fourth-order valence-electron chi connectivity index (χ4n) is 0.635. The van der Waals surface area contributed by atoms with E-state index in [1.165, 1.54) is 11.3 Å². The Morgan fingerprint density at radius 3 is 3.25 bits per heavy atom. The fourth-order valence-corrected chi connectivity index (χ4v) is 1.35. The smallest absolute Gasteiger partial charge is 0.288 e. The van der Waals surface area contributed by atoms with Gasteiger partial charge in [0.25, 0.3) is 5.91 Å². The number of nitrogens with two attached hydrogens (primary N) is 1. The largest absolute Gasteiger partial charge is 0.294 e. The van der Waals surface area contributed by atoms with Gasteiger partial charge in [0.05, 0.1) is 18.2 Å². The van der Waals surface area contributed by atoms with Crippen molar-refractivity contribution in [2.45, 2.75) is 6.42 Å². The van der Waals surface area contributed by atoms with Gasteiger partial charge in [-0.2, -0.15) is 5.26 Å². The number of amides is 1. The first-order valence-corrected chi connectivity index (χ1v) is 3.98. The number of rotatable bonds is 2. The molecule has 1 amide bonds. The molecule has 62 valence electrons. The zero-order valence-corrected chi connectivity index (χ0v) is 6.89. The molecule has 0 bridgehead atoms. The van der Waals surface area contributed by atoms with E-state index in [4.69, 9.17) is 11.1 Å². The molecule has 12 heavy (non-hydrogen) atoms. The van der Waals surface area contributed by atoms with Gasteiger partial charge in [-0.05, 0) is 0 Å². The highest BCUT2D eigenvalue weighted by Gasteiger charge is 2.08. The predicted molar refractivity (Wildman–Crippen MR) is 43.1 cm³/mol. The molecule has 1 heterocycles. The van der Waals surface area contributed by atoms with Crippen LogP contribution < -0.4 is 11.3 Å². The number of carbonyl (C=O) groups is 1. The van der Waals surface area contributed by atoms with Crippen molar-refractivity contribution in [1.29, 1.82) is 5.26 Å². The first-order chi connectivity index (χ1) is 5.77. The third kappa shape index (κ3) is 1.78. The van der Waals surface area contributed by atoms with E-state index in [-0.39, 0.29) is 11.4 Å². The van der Waals surface area contributed by atoms with Crippen LogP contribution in [-0.4, -0.2) is 10.9 Å². The van der Waals surface area contributed by atoms with Gasteiger partial charge in [-0.15, -0.1) is 11.3 Å². The third-order valence-electron chi connectivity index (χ3n) is 1.14. The molecule has 0 spiro atoms. The van der Waals surface area contributed by atoms with E-state index in [1.807, 2.05) is 11.5 Å². The number of nitrogens with one attached hydrogen (secondary N) is 1. The molecule has 0 aliphatic rings. The molecular formula is C6H6N4OS. The molecule has 0 aliphatic heterocycles. The first kappa shape index (κ1) is 8.64. The number of carbonyl (C=O) groups excluding carboxylic acids is 1. The molecule has 1 aromatic rings. The topological polar surface area (TPSA) is 91.8 Å². The summed E-state index contributed by atoms with van der Waals surface area (Å²) in [7, 11) is 0. The van der Waals surface area contributed by atoms with E-state index < -0.39 is 5.91 Å². The van der Waals surface area contributed by atoms with E-state index in [0.29, 0.717) is 5.69 Å². The minimum atomic E-state index is -0.427. The average Bonchev–Trinajstić information content (AvgIpc) is 2.52. The van der Waals surface area contributed by atoms with Crippen molar-refractivity contribution in [2.24, 2.45) is 5.84 Å². The lowest BCUT2D eigenvalue weighted by molar-refractivity contribution is 0.0953. The molecule has 0 unspecified atom stereocenters. The maximum absolute atomic E-state index is 10.9. The molecule has 0 aromatic carbocycles. The molecule has 0 saturated heterocycles. The summed E-state index contributed by atoms with van der Waals surface area (Å²) in [5, 5.41) is 10.3. The van der Waals surface area contributed by atoms with E-state index >= 15 is 0 Å². The van der Waals surface area contributed by atoms with Crippen molar-refractivity contribution >= 4 is 17.2 Å². The highest BCUT2D eigenvalue weighted by Crippen LogP contribution is 2.09. The van der Waals surface area contributed by atoms with Crippen molar-refractivity contribution in [2.75, 3.05) is 0 Å². The molecular weight excluding hydrogens is 176 g/mol. The van der Waals surface area contributed by atoms with Crippen LogP contribution in [-0.2, 0) is 6.42 Å². The second-order valence-electron chi connectivity index (χ2n) is 1.95. The van der Waals surface area contributed by atoms with Gasteiger partial charge >= 0.3 is 0 Å². The molecule has 0 radical (unpaired) electrons. The lowest BCUT2D eigenvalue weighted by Crippen LogP contribution is -2.29. The maximum Gasteiger partial charge on any atom is 0.294 e. The zero-order valence-electron chi connectivity index (χ0n) is 6.07. The summed E-state index contributed by atoms with van der Waals surface area (Å²) in [4.78, 5) is 14.7. The van der Waals surface area contributed by atoms with Gasteiger partial charge in [0, 0.05) is 5.38 Å². The van der Waals surface area contributed by atoms with Crippen LogP contribution in [0.4, 0.5) is 0 Å². The monoisotopic (exact) mass is 182 g/mol. The first-order valence-electron chi connectivity index (χ1n) is 3.10. The summed E-state index contributed by atoms with van der Waals surface area (Å²) in [5.41, 5.74) is 2.56. The van der Waals surface area contributed by atoms with Crippen molar-refractivity contribution in [3.05, 3.63) is 16.1 Å². The van der Waals surface area contributed by atoms with Crippen molar-refractivity contribution < 1.29 is 4.79 Å². The molecule has 1 rings (SSSR count). The predicted octanol–water partition coefficient (Wildman–Crippen LogP) is -0.187. The summed E-state index contributed by atoms with van der Waals surface area (Å²) in [6.45, 7) is 0. The van der Waals surface area contributed by atoms with Crippen LogP contribution >= 0.6 is 11.3 Å². The Bertz CT molecular complexity index is 327. The van der Waals surface area contributed by atoms with Crippen LogP contribution in [0.1, 0.15) is 15.5 Å². The van der Waals surface area contributed by atoms with Gasteiger partial charge in [0.2, 0.25) is 0 Å². The van der Waals surface area contributed by atoms with Gasteiger partial charge in [0.15, 0.2) is 5.01 Å². The number of hydrogen-bond acceptors (Lipinski definition) is 5. The normalized spacial score (nSPS) is 9.00. The van der Waals surface area contributed by atoms with Crippen LogP contribution in [0, 0.1) is 11.3 Å². The molecule has 3 N–H and O–H groups in total. The molecule has 1 aromatic heterocycles. The number of nitrogens with zero attached hydrogens (tertiary/aromatic N) is 2. The van der Waals surface area contributed by atoms with Crippen molar-refractivity contribution in [1.82, 2.24) is 10.4 Å². The molecule has 6 heteroatoms. The van der Waals surface area contributed by atoms with Crippen LogP contribution in [0.3, 0.4) is 0 Å². The van der Waals surface area contributed by atoms with E-state index in [1.54, 1.807) is 5.38 Å². The highest BCUT2D eigenvalue weighted by molar-refractivity contribution is 7.11. The quantitative estimate of drug-likeness (QED) is 0.377. The SMILES string of the molecule is N#CCc1csc(C(=O)NN)n1. The molecule has 0 atom stereocenters. The minimum absolute atomic E-state index is 0.217. The number of hydrogen-bond donors (Lipinski definition) is 2. The summed E-state index contributed by atoms with van der Waals surface area (Å²) in [6.07, 6.45) is 0.217. The van der Waals surface area contributed by atoms with E-state index in [2.05, 4.69) is 4.98 Å². The van der Waals surface area contributed by atoms with Crippen LogP contribution in [0.25, 0.3) is 0 Å². The zero-order chi connectivity index (χ0) is 8.97. The number of hydrazine groups is 1. The summed E-state index contributed by atoms with van der Waals surface area (Å²) in [5.74, 6) is 4.46. The fraction of sp³-hybridized carbons (Fsp3) is 0.167. The number of aromatic nitrogens is 1. The Hall–Kier alpha value is -1.45. The van der Waals surface area contributed by atoms with Crippen LogP contribution in [0.2, 0.25) is 0 Å². The van der Waals surface area contributed by atoms with Gasteiger partial charge in [-0.25, -0.2) is 10.8 Å². The van der Waals surface area contributed by atoms with Gasteiger partial charge in [0.1, 0.15) is 0 Å². The van der Waals surface area contributed by atoms with Crippen LogP contribution in [0.15, 0.2) is 5.38 Å². The summed E-state index contributed by atoms with van der Waals surface area (Å²) in [6, 6.07) is 1.94. The Kier molecular flexibility index (Phi) is 2.74. The maximum atomic E-state index is 10.9. The lowest BCUT2D eigenvalue weighted by Gasteiger charge is -1.90. The molecule has 0 saturated carbocycles. The summed E-state index contributed by atoms with van der Waals surface area (Å²) < 4.78 is 0. The standard InChI is InChI=1S/C6H6N4OS/c7-2-1-4-3-12-6(9-4)5(11)10-8/h3H,1,8H2,(H,10,11). The van der Waals surface area contributed by atoms with E-state index in [0.717, 1.165) is 0 Å². The Balaban J connectivity index is 2.78. The van der Waals surface area contributed by atoms with Crippen molar-refractivity contribution in [3.63, 3.8) is 0 Å². The highest BCUT2D eigenvalue weighted by atomic mass is 32.1. The van der Waals surface area contributed by atoms with Crippen molar-refractivity contribution in [3.8, 4) is 6.07 Å². The Morgan fingerprint density at radius 1 is 1.92 bits per heavy atom. The second kappa shape index (κ2) is 3.80. The van der Waals surface area contributed by atoms with Gasteiger partial charge in [-0.1, -0.05) is 0 Å². The minimum Gasteiger partial charge on any atom is -0.288 e. The number of nitrogen functional groups attached to an aromatic ring is 1. The Labute approximate surface area is 72.8 Å². The second-order valence-corrected chi connectivity index (χ2v) is 2.81. The molecule has 5 nitrogen and oxygen atoms in total. The molecule has 0 fully saturated rings. The average molecular weight is 182 g/mol. The van der Waals surface area contributed by atoms with E-state index in [9.17, 15) is 4.79 Å². The van der Waals surface area contributed by atoms with Crippen LogP contribution in [0.5, 0.6) is 0 Å². The Morgan fingerprint density at radius 2 is 2.67 bits per heavy atom. The third-order valence-corrected chi connectivity index (χ3v) is 2.03. The van der Waals surface area contributed by atoms with Gasteiger partial charge < -0.3 is 0 Å². The number of nitriles is 1. The number of thiazole rings is 1. The summed E-state index contributed by atoms with van der Waals surface area (Å²) >= 11 is 1.17. The van der Waals surface area contributed by atoms with Gasteiger partial charge in [-0.3, -0.25) is 10.2 Å². The molecule has 0 aliphatic carbocycles.